The largest absolute Gasteiger partial charge is 0.459 e. The Hall–Kier alpha value is -5.76. The summed E-state index contributed by atoms with van der Waals surface area (Å²) in [5.74, 6) is -0.560. The SMILES string of the molecule is C=CC(=O)OCCOC(=O)n1c2ccc(-c3cccc4c3sc3ccccc34)cc2c2cc(-c3cccc4c3sc3ccccc34)ccc21. The average Bonchev–Trinajstić information content (AvgIpc) is 3.82. The Labute approximate surface area is 288 Å². The second kappa shape index (κ2) is 11.7. The Balaban J connectivity index is 1.23. The Morgan fingerprint density at radius 1 is 0.571 bits per heavy atom. The first-order valence-corrected chi connectivity index (χ1v) is 17.6. The van der Waals surface area contributed by atoms with E-state index >= 15 is 0 Å². The van der Waals surface area contributed by atoms with Crippen molar-refractivity contribution in [3.05, 3.63) is 134 Å². The molecule has 0 atom stereocenters. The van der Waals surface area contributed by atoms with Crippen molar-refractivity contribution in [3.8, 4) is 22.3 Å². The van der Waals surface area contributed by atoms with Crippen LogP contribution in [-0.4, -0.2) is 29.8 Å². The number of nitrogens with zero attached hydrogens (tertiary/aromatic N) is 1. The van der Waals surface area contributed by atoms with Crippen molar-refractivity contribution in [2.45, 2.75) is 0 Å². The summed E-state index contributed by atoms with van der Waals surface area (Å²) in [5.41, 5.74) is 5.94. The van der Waals surface area contributed by atoms with Gasteiger partial charge in [-0.1, -0.05) is 91.5 Å². The van der Waals surface area contributed by atoms with Crippen LogP contribution >= 0.6 is 22.7 Å². The maximum Gasteiger partial charge on any atom is 0.419 e. The van der Waals surface area contributed by atoms with E-state index in [-0.39, 0.29) is 13.2 Å². The van der Waals surface area contributed by atoms with Crippen LogP contribution in [0.1, 0.15) is 0 Å². The van der Waals surface area contributed by atoms with Crippen molar-refractivity contribution in [1.29, 1.82) is 0 Å². The van der Waals surface area contributed by atoms with Gasteiger partial charge >= 0.3 is 12.1 Å². The monoisotopic (exact) mass is 673 g/mol. The van der Waals surface area contributed by atoms with Crippen molar-refractivity contribution in [2.75, 3.05) is 13.2 Å². The van der Waals surface area contributed by atoms with Crippen molar-refractivity contribution < 1.29 is 19.1 Å². The van der Waals surface area contributed by atoms with E-state index in [1.54, 1.807) is 27.2 Å². The van der Waals surface area contributed by atoms with Gasteiger partial charge in [-0.25, -0.2) is 14.2 Å². The predicted octanol–water partition coefficient (Wildman–Crippen LogP) is 11.6. The summed E-state index contributed by atoms with van der Waals surface area (Å²) >= 11 is 3.60. The van der Waals surface area contributed by atoms with Crippen molar-refractivity contribution >= 4 is 96.9 Å². The summed E-state index contributed by atoms with van der Waals surface area (Å²) in [7, 11) is 0. The van der Waals surface area contributed by atoms with Gasteiger partial charge in [0.15, 0.2) is 0 Å². The fraction of sp³-hybridized carbons (Fsp3) is 0.0476. The first kappa shape index (κ1) is 29.4. The second-order valence-corrected chi connectivity index (χ2v) is 14.0. The highest BCUT2D eigenvalue weighted by molar-refractivity contribution is 7.26. The molecule has 0 aliphatic rings. The molecule has 0 fully saturated rings. The van der Waals surface area contributed by atoms with Gasteiger partial charge in [0.25, 0.3) is 0 Å². The fourth-order valence-electron chi connectivity index (χ4n) is 6.90. The zero-order valence-corrected chi connectivity index (χ0v) is 27.8. The molecule has 0 aliphatic carbocycles. The number of rotatable bonds is 6. The van der Waals surface area contributed by atoms with E-state index in [1.807, 2.05) is 12.1 Å². The molecule has 0 unspecified atom stereocenters. The van der Waals surface area contributed by atoms with Crippen LogP contribution in [0.15, 0.2) is 134 Å². The summed E-state index contributed by atoms with van der Waals surface area (Å²) < 4.78 is 17.3. The van der Waals surface area contributed by atoms with Gasteiger partial charge in [-0.3, -0.25) is 0 Å². The number of thiophene rings is 2. The molecule has 0 saturated carbocycles. The molecule has 0 amide bonds. The lowest BCUT2D eigenvalue weighted by molar-refractivity contribution is -0.138. The first-order chi connectivity index (χ1) is 24.1. The number of ether oxygens (including phenoxy) is 2. The van der Waals surface area contributed by atoms with E-state index in [9.17, 15) is 9.59 Å². The molecule has 49 heavy (non-hydrogen) atoms. The number of aromatic nitrogens is 1. The van der Waals surface area contributed by atoms with Crippen LogP contribution in [-0.2, 0) is 14.3 Å². The van der Waals surface area contributed by atoms with Gasteiger partial charge in [0.2, 0.25) is 0 Å². The van der Waals surface area contributed by atoms with E-state index in [0.717, 1.165) is 50.1 Å². The van der Waals surface area contributed by atoms with Gasteiger partial charge in [0.1, 0.15) is 13.2 Å². The number of hydrogen-bond donors (Lipinski definition) is 0. The molecular weight excluding hydrogens is 647 g/mol. The molecule has 0 spiro atoms. The number of esters is 1. The van der Waals surface area contributed by atoms with E-state index < -0.39 is 12.1 Å². The number of hydrogen-bond acceptors (Lipinski definition) is 6. The fourth-order valence-corrected chi connectivity index (χ4v) is 9.38. The maximum atomic E-state index is 13.7. The van der Waals surface area contributed by atoms with Crippen LogP contribution in [0.5, 0.6) is 0 Å². The Morgan fingerprint density at radius 2 is 1.06 bits per heavy atom. The Morgan fingerprint density at radius 3 is 1.59 bits per heavy atom. The van der Waals surface area contributed by atoms with Crippen molar-refractivity contribution in [2.24, 2.45) is 0 Å². The average molecular weight is 674 g/mol. The van der Waals surface area contributed by atoms with Gasteiger partial charge in [-0.15, -0.1) is 22.7 Å². The molecule has 0 bridgehead atoms. The van der Waals surface area contributed by atoms with Gasteiger partial charge in [0.05, 0.1) is 11.0 Å². The maximum absolute atomic E-state index is 13.7. The highest BCUT2D eigenvalue weighted by atomic mass is 32.1. The molecule has 3 aromatic heterocycles. The molecule has 7 heteroatoms. The van der Waals surface area contributed by atoms with Crippen LogP contribution < -0.4 is 0 Å². The third kappa shape index (κ3) is 4.81. The van der Waals surface area contributed by atoms with Crippen LogP contribution in [0.2, 0.25) is 0 Å². The predicted molar refractivity (Wildman–Crippen MR) is 204 cm³/mol. The smallest absolute Gasteiger partial charge is 0.419 e. The summed E-state index contributed by atoms with van der Waals surface area (Å²) in [6.45, 7) is 3.28. The highest BCUT2D eigenvalue weighted by Gasteiger charge is 2.20. The minimum absolute atomic E-state index is 0.0552. The lowest BCUT2D eigenvalue weighted by Crippen LogP contribution is -2.17. The third-order valence-electron chi connectivity index (χ3n) is 9.10. The molecule has 0 aliphatic heterocycles. The van der Waals surface area contributed by atoms with Gasteiger partial charge in [-0.2, -0.15) is 0 Å². The summed E-state index contributed by atoms with van der Waals surface area (Å²) in [6, 6.07) is 42.5. The topological polar surface area (TPSA) is 57.5 Å². The zero-order chi connectivity index (χ0) is 33.1. The summed E-state index contributed by atoms with van der Waals surface area (Å²) in [4.78, 5) is 25.2. The van der Waals surface area contributed by atoms with Gasteiger partial charge < -0.3 is 9.47 Å². The third-order valence-corrected chi connectivity index (χ3v) is 11.5. The van der Waals surface area contributed by atoms with E-state index in [4.69, 9.17) is 9.47 Å². The lowest BCUT2D eigenvalue weighted by Gasteiger charge is -2.09. The molecular formula is C42H27NO4S2. The number of carbonyl (C=O) groups is 2. The highest BCUT2D eigenvalue weighted by Crippen LogP contribution is 2.43. The second-order valence-electron chi connectivity index (χ2n) is 11.8. The molecule has 9 rings (SSSR count). The molecule has 3 heterocycles. The van der Waals surface area contributed by atoms with Gasteiger partial charge in [-0.05, 0) is 58.7 Å². The number of carbonyl (C=O) groups excluding carboxylic acids is 2. The number of benzene rings is 6. The molecule has 6 aromatic carbocycles. The van der Waals surface area contributed by atoms with E-state index in [1.165, 1.54) is 40.3 Å². The Bertz CT molecular complexity index is 2630. The molecule has 0 radical (unpaired) electrons. The van der Waals surface area contributed by atoms with Crippen LogP contribution in [0.3, 0.4) is 0 Å². The number of fused-ring (bicyclic) bond motifs is 9. The molecule has 236 valence electrons. The van der Waals surface area contributed by atoms with E-state index in [0.29, 0.717) is 0 Å². The molecule has 9 aromatic rings. The van der Waals surface area contributed by atoms with E-state index in [2.05, 4.69) is 116 Å². The van der Waals surface area contributed by atoms with Crippen LogP contribution in [0, 0.1) is 0 Å². The summed E-state index contributed by atoms with van der Waals surface area (Å²) in [6.07, 6.45) is 0.552. The zero-order valence-electron chi connectivity index (χ0n) is 26.1. The normalized spacial score (nSPS) is 11.7. The molecule has 5 nitrogen and oxygen atoms in total. The minimum atomic E-state index is -0.560. The standard InChI is InChI=1S/C42H27NO4S2/c1-2-39(44)46-21-22-47-42(45)43-35-19-17-25(27-11-7-13-31-29-9-3-5-15-37(29)48-40(27)31)23-33(35)34-24-26(18-20-36(34)43)28-12-8-14-32-30-10-4-6-16-38(30)49-41(28)32/h2-20,23-24H,1,21-22H2. The lowest BCUT2D eigenvalue weighted by atomic mass is 9.98. The van der Waals surface area contributed by atoms with Crippen LogP contribution in [0.4, 0.5) is 4.79 Å². The summed E-state index contributed by atoms with van der Waals surface area (Å²) in [5, 5.41) is 6.88. The quantitative estimate of drug-likeness (QED) is 0.100. The van der Waals surface area contributed by atoms with Gasteiger partial charge in [0, 0.05) is 57.2 Å². The Kier molecular flexibility index (Phi) is 7.04. The molecule has 0 saturated heterocycles. The molecule has 0 N–H and O–H groups in total. The first-order valence-electron chi connectivity index (χ1n) is 15.9. The van der Waals surface area contributed by atoms with Crippen LogP contribution in [0.25, 0.3) is 84.4 Å². The van der Waals surface area contributed by atoms with Crippen molar-refractivity contribution in [3.63, 3.8) is 0 Å². The van der Waals surface area contributed by atoms with Crippen molar-refractivity contribution in [1.82, 2.24) is 4.57 Å². The minimum Gasteiger partial charge on any atom is -0.459 e.